The van der Waals surface area contributed by atoms with Gasteiger partial charge in [0.15, 0.2) is 0 Å². The van der Waals surface area contributed by atoms with E-state index in [0.29, 0.717) is 10.6 Å². The third-order valence-electron chi connectivity index (χ3n) is 3.54. The number of aryl methyl sites for hydroxylation is 1. The molecule has 0 radical (unpaired) electrons. The van der Waals surface area contributed by atoms with E-state index < -0.39 is 11.9 Å². The van der Waals surface area contributed by atoms with Crippen LogP contribution in [0, 0.1) is 6.92 Å². The molecule has 0 aliphatic carbocycles. The summed E-state index contributed by atoms with van der Waals surface area (Å²) < 4.78 is 10.6. The Labute approximate surface area is 144 Å². The molecule has 1 unspecified atom stereocenters. The van der Waals surface area contributed by atoms with Gasteiger partial charge in [0.25, 0.3) is 5.91 Å². The summed E-state index contributed by atoms with van der Waals surface area (Å²) in [6.45, 7) is 1.90. The van der Waals surface area contributed by atoms with Crippen LogP contribution < -0.4 is 5.32 Å². The van der Waals surface area contributed by atoms with E-state index >= 15 is 0 Å². The number of rotatable bonds is 7. The molecule has 2 N–H and O–H groups in total. The van der Waals surface area contributed by atoms with Gasteiger partial charge in [0.2, 0.25) is 0 Å². The van der Waals surface area contributed by atoms with Gasteiger partial charge in [-0.25, -0.2) is 0 Å². The summed E-state index contributed by atoms with van der Waals surface area (Å²) >= 11 is 5.97. The Morgan fingerprint density at radius 1 is 1.42 bits per heavy atom. The molecule has 0 spiro atoms. The molecule has 6 nitrogen and oxygen atoms in total. The first kappa shape index (κ1) is 18.0. The Kier molecular flexibility index (Phi) is 6.00. The zero-order valence-electron chi connectivity index (χ0n) is 13.3. The van der Waals surface area contributed by atoms with Gasteiger partial charge in [-0.3, -0.25) is 9.59 Å². The first-order valence-corrected chi connectivity index (χ1v) is 7.65. The Hall–Kier alpha value is -2.31. The van der Waals surface area contributed by atoms with E-state index in [4.69, 9.17) is 25.9 Å². The highest BCUT2D eigenvalue weighted by molar-refractivity contribution is 6.30. The van der Waals surface area contributed by atoms with Crippen molar-refractivity contribution in [3.63, 3.8) is 0 Å². The third-order valence-corrected chi connectivity index (χ3v) is 3.78. The van der Waals surface area contributed by atoms with Gasteiger partial charge in [0, 0.05) is 24.2 Å². The Bertz CT molecular complexity index is 740. The Morgan fingerprint density at radius 3 is 2.79 bits per heavy atom. The Balaban J connectivity index is 2.09. The number of methoxy groups -OCH3 is 1. The number of furan rings is 1. The lowest BCUT2D eigenvalue weighted by molar-refractivity contribution is -0.136. The van der Waals surface area contributed by atoms with Crippen LogP contribution in [-0.2, 0) is 16.0 Å². The number of carbonyl (C=O) groups excluding carboxylic acids is 1. The van der Waals surface area contributed by atoms with Gasteiger partial charge in [0.1, 0.15) is 12.2 Å². The predicted molar refractivity (Wildman–Crippen MR) is 88.3 cm³/mol. The average molecular weight is 352 g/mol. The highest BCUT2D eigenvalue weighted by Gasteiger charge is 2.21. The van der Waals surface area contributed by atoms with E-state index in [1.807, 2.05) is 6.07 Å². The molecule has 0 saturated carbocycles. The number of aliphatic carboxylic acids is 1. The molecular formula is C17H18ClNO5. The fourth-order valence-corrected chi connectivity index (χ4v) is 2.59. The maximum atomic E-state index is 12.4. The minimum atomic E-state index is -1.06. The van der Waals surface area contributed by atoms with Crippen LogP contribution in [0.2, 0.25) is 5.02 Å². The van der Waals surface area contributed by atoms with Crippen molar-refractivity contribution in [2.24, 2.45) is 0 Å². The number of hydrogen-bond donors (Lipinski definition) is 2. The van der Waals surface area contributed by atoms with E-state index in [1.165, 1.54) is 13.4 Å². The second kappa shape index (κ2) is 7.99. The number of halogens is 1. The van der Waals surface area contributed by atoms with Crippen LogP contribution in [0.25, 0.3) is 0 Å². The van der Waals surface area contributed by atoms with Crippen LogP contribution >= 0.6 is 11.6 Å². The molecule has 1 aromatic carbocycles. The number of ether oxygens (including phenoxy) is 1. The second-order valence-electron chi connectivity index (χ2n) is 5.28. The normalized spacial score (nSPS) is 12.0. The molecule has 24 heavy (non-hydrogen) atoms. The SMILES string of the molecule is COC(CNC(=O)c1c(C)coc1CC(=O)O)c1cccc(Cl)c1. The molecule has 1 amide bonds. The predicted octanol–water partition coefficient (Wildman–Crippen LogP) is 2.99. The van der Waals surface area contributed by atoms with Crippen molar-refractivity contribution in [1.29, 1.82) is 0 Å². The molecular weight excluding hydrogens is 334 g/mol. The molecule has 2 aromatic rings. The zero-order chi connectivity index (χ0) is 17.7. The van der Waals surface area contributed by atoms with Crippen molar-refractivity contribution >= 4 is 23.5 Å². The van der Waals surface area contributed by atoms with E-state index in [9.17, 15) is 9.59 Å². The number of carbonyl (C=O) groups is 2. The van der Waals surface area contributed by atoms with Gasteiger partial charge in [-0.2, -0.15) is 0 Å². The molecule has 0 aliphatic heterocycles. The summed E-state index contributed by atoms with van der Waals surface area (Å²) in [7, 11) is 1.54. The number of nitrogens with one attached hydrogen (secondary N) is 1. The smallest absolute Gasteiger partial charge is 0.311 e. The van der Waals surface area contributed by atoms with Gasteiger partial charge >= 0.3 is 5.97 Å². The highest BCUT2D eigenvalue weighted by Crippen LogP contribution is 2.21. The molecule has 0 fully saturated rings. The quantitative estimate of drug-likeness (QED) is 0.800. The van der Waals surface area contributed by atoms with E-state index in [1.54, 1.807) is 25.1 Å². The summed E-state index contributed by atoms with van der Waals surface area (Å²) in [6, 6.07) is 7.17. The third kappa shape index (κ3) is 4.37. The van der Waals surface area contributed by atoms with Crippen LogP contribution in [-0.4, -0.2) is 30.6 Å². The van der Waals surface area contributed by atoms with Crippen molar-refractivity contribution in [2.75, 3.05) is 13.7 Å². The lowest BCUT2D eigenvalue weighted by Gasteiger charge is -2.17. The van der Waals surface area contributed by atoms with Crippen molar-refractivity contribution < 1.29 is 23.8 Å². The summed E-state index contributed by atoms with van der Waals surface area (Å²) in [5, 5.41) is 12.2. The lowest BCUT2D eigenvalue weighted by atomic mass is 10.1. The minimum absolute atomic E-state index is 0.134. The zero-order valence-corrected chi connectivity index (χ0v) is 14.1. The van der Waals surface area contributed by atoms with Gasteiger partial charge in [-0.15, -0.1) is 0 Å². The number of hydrogen-bond acceptors (Lipinski definition) is 4. The fourth-order valence-electron chi connectivity index (χ4n) is 2.39. The van der Waals surface area contributed by atoms with Crippen molar-refractivity contribution in [2.45, 2.75) is 19.4 Å². The largest absolute Gasteiger partial charge is 0.481 e. The first-order valence-electron chi connectivity index (χ1n) is 7.27. The summed E-state index contributed by atoms with van der Waals surface area (Å²) in [5.74, 6) is -1.33. The summed E-state index contributed by atoms with van der Waals surface area (Å²) in [4.78, 5) is 23.3. The molecule has 0 aliphatic rings. The van der Waals surface area contributed by atoms with Crippen LogP contribution in [0.15, 0.2) is 34.9 Å². The van der Waals surface area contributed by atoms with Crippen molar-refractivity contribution in [3.05, 3.63) is 58.0 Å². The summed E-state index contributed by atoms with van der Waals surface area (Å²) in [6.07, 6.45) is 0.652. The number of carboxylic acid groups (broad SMARTS) is 1. The van der Waals surface area contributed by atoms with Crippen molar-refractivity contribution in [1.82, 2.24) is 5.32 Å². The van der Waals surface area contributed by atoms with Crippen LogP contribution in [0.5, 0.6) is 0 Å². The number of carboxylic acids is 1. The van der Waals surface area contributed by atoms with Gasteiger partial charge in [-0.1, -0.05) is 23.7 Å². The van der Waals surface area contributed by atoms with Gasteiger partial charge < -0.3 is 19.6 Å². The topological polar surface area (TPSA) is 88.8 Å². The summed E-state index contributed by atoms with van der Waals surface area (Å²) in [5.41, 5.74) is 1.67. The van der Waals surface area contributed by atoms with Crippen LogP contribution in [0.4, 0.5) is 0 Å². The lowest BCUT2D eigenvalue weighted by Crippen LogP contribution is -2.30. The van der Waals surface area contributed by atoms with E-state index in [-0.39, 0.29) is 30.4 Å². The fraction of sp³-hybridized carbons (Fsp3) is 0.294. The minimum Gasteiger partial charge on any atom is -0.481 e. The van der Waals surface area contributed by atoms with Gasteiger partial charge in [-0.05, 0) is 24.6 Å². The Morgan fingerprint density at radius 2 is 2.17 bits per heavy atom. The molecule has 1 aromatic heterocycles. The molecule has 128 valence electrons. The highest BCUT2D eigenvalue weighted by atomic mass is 35.5. The van der Waals surface area contributed by atoms with Gasteiger partial charge in [0.05, 0.1) is 17.9 Å². The molecule has 0 bridgehead atoms. The standard InChI is InChI=1S/C17H18ClNO5/c1-10-9-24-13(7-15(20)21)16(10)17(22)19-8-14(23-2)11-4-3-5-12(18)6-11/h3-6,9,14H,7-8H2,1-2H3,(H,19,22)(H,20,21). The van der Waals surface area contributed by atoms with Crippen molar-refractivity contribution in [3.8, 4) is 0 Å². The monoisotopic (exact) mass is 351 g/mol. The molecule has 1 atom stereocenters. The average Bonchev–Trinajstić information content (AvgIpc) is 2.87. The second-order valence-corrected chi connectivity index (χ2v) is 5.71. The molecule has 2 rings (SSSR count). The number of benzene rings is 1. The molecule has 7 heteroatoms. The first-order chi connectivity index (χ1) is 11.4. The van der Waals surface area contributed by atoms with Crippen LogP contribution in [0.1, 0.15) is 33.3 Å². The number of amides is 1. The maximum absolute atomic E-state index is 12.4. The van der Waals surface area contributed by atoms with E-state index in [2.05, 4.69) is 5.32 Å². The van der Waals surface area contributed by atoms with Crippen LogP contribution in [0.3, 0.4) is 0 Å². The molecule has 0 saturated heterocycles. The maximum Gasteiger partial charge on any atom is 0.311 e. The molecule has 1 heterocycles. The van der Waals surface area contributed by atoms with E-state index in [0.717, 1.165) is 5.56 Å².